The molecule has 1 aliphatic heterocycles. The molecule has 2 heterocycles. The number of aromatic nitrogens is 2. The Morgan fingerprint density at radius 1 is 1.48 bits per heavy atom. The number of sulfone groups is 1. The van der Waals surface area contributed by atoms with Crippen LogP contribution in [0.25, 0.3) is 0 Å². The average Bonchev–Trinajstić information content (AvgIpc) is 2.80. The van der Waals surface area contributed by atoms with Crippen LogP contribution in [0.1, 0.15) is 19.0 Å². The number of aryl methyl sites for hydroxylation is 2. The van der Waals surface area contributed by atoms with Crippen molar-refractivity contribution in [2.75, 3.05) is 18.1 Å². The summed E-state index contributed by atoms with van der Waals surface area (Å²) in [4.78, 5) is -0.0437. The van der Waals surface area contributed by atoms with E-state index in [9.17, 15) is 16.8 Å². The highest BCUT2D eigenvalue weighted by Gasteiger charge is 2.40. The van der Waals surface area contributed by atoms with Gasteiger partial charge in [0, 0.05) is 19.6 Å². The van der Waals surface area contributed by atoms with Crippen molar-refractivity contribution in [2.45, 2.75) is 31.2 Å². The van der Waals surface area contributed by atoms with Gasteiger partial charge in [-0.25, -0.2) is 16.8 Å². The van der Waals surface area contributed by atoms with Gasteiger partial charge in [-0.1, -0.05) is 18.5 Å². The van der Waals surface area contributed by atoms with Crippen LogP contribution in [0.2, 0.25) is 5.15 Å². The molecule has 0 bridgehead atoms. The summed E-state index contributed by atoms with van der Waals surface area (Å²) in [6, 6.07) is -0.541. The molecule has 2 rings (SSSR count). The maximum atomic E-state index is 12.8. The summed E-state index contributed by atoms with van der Waals surface area (Å²) in [6.07, 6.45) is 0.312. The van der Waals surface area contributed by atoms with E-state index in [1.165, 1.54) is 8.99 Å². The highest BCUT2D eigenvalue weighted by molar-refractivity contribution is 7.92. The van der Waals surface area contributed by atoms with E-state index in [2.05, 4.69) is 5.10 Å². The van der Waals surface area contributed by atoms with Gasteiger partial charge >= 0.3 is 0 Å². The predicted octanol–water partition coefficient (Wildman–Crippen LogP) is 0.580. The molecule has 0 aliphatic carbocycles. The molecular weight excluding hydrogens is 338 g/mol. The van der Waals surface area contributed by atoms with Crippen molar-refractivity contribution < 1.29 is 16.8 Å². The number of nitrogens with zero attached hydrogens (tertiary/aromatic N) is 3. The van der Waals surface area contributed by atoms with Gasteiger partial charge in [-0.3, -0.25) is 4.68 Å². The monoisotopic (exact) mass is 355 g/mol. The van der Waals surface area contributed by atoms with Crippen molar-refractivity contribution in [1.29, 1.82) is 0 Å². The lowest BCUT2D eigenvalue weighted by molar-refractivity contribution is 0.354. The smallest absolute Gasteiger partial charge is 0.248 e. The van der Waals surface area contributed by atoms with Crippen molar-refractivity contribution in [3.8, 4) is 0 Å². The summed E-state index contributed by atoms with van der Waals surface area (Å²) in [5, 5.41) is 4.04. The Morgan fingerprint density at radius 2 is 2.10 bits per heavy atom. The van der Waals surface area contributed by atoms with Gasteiger partial charge in [-0.05, 0) is 13.3 Å². The second-order valence-electron chi connectivity index (χ2n) is 5.09. The topological polar surface area (TPSA) is 89.3 Å². The zero-order chi connectivity index (χ0) is 16.0. The van der Waals surface area contributed by atoms with Gasteiger partial charge in [0.2, 0.25) is 10.0 Å². The van der Waals surface area contributed by atoms with Gasteiger partial charge in [-0.15, -0.1) is 0 Å². The minimum Gasteiger partial charge on any atom is -0.255 e. The van der Waals surface area contributed by atoms with Crippen molar-refractivity contribution in [3.05, 3.63) is 10.8 Å². The van der Waals surface area contributed by atoms with Crippen LogP contribution in [0, 0.1) is 6.92 Å². The van der Waals surface area contributed by atoms with Gasteiger partial charge in [0.05, 0.1) is 17.2 Å². The normalized spacial score (nSPS) is 22.0. The van der Waals surface area contributed by atoms with Crippen LogP contribution >= 0.6 is 11.6 Å². The summed E-state index contributed by atoms with van der Waals surface area (Å²) in [5.74, 6) is -0.125. The van der Waals surface area contributed by atoms with Gasteiger partial charge in [0.25, 0.3) is 0 Å². The zero-order valence-electron chi connectivity index (χ0n) is 12.1. The molecule has 0 amide bonds. The average molecular weight is 356 g/mol. The number of hydrogen-bond acceptors (Lipinski definition) is 5. The molecule has 1 aliphatic rings. The highest BCUT2D eigenvalue weighted by atomic mass is 35.5. The Hall–Kier alpha value is -0.640. The third kappa shape index (κ3) is 2.96. The molecule has 1 unspecified atom stereocenters. The summed E-state index contributed by atoms with van der Waals surface area (Å²) in [7, 11) is -5.48. The fourth-order valence-corrected chi connectivity index (χ4v) is 6.85. The second kappa shape index (κ2) is 5.53. The van der Waals surface area contributed by atoms with Crippen molar-refractivity contribution in [1.82, 2.24) is 14.1 Å². The van der Waals surface area contributed by atoms with Crippen LogP contribution in [0.5, 0.6) is 0 Å². The zero-order valence-corrected chi connectivity index (χ0v) is 14.5. The Bertz CT molecular complexity index is 755. The molecule has 0 saturated carbocycles. The molecule has 0 spiro atoms. The molecule has 1 saturated heterocycles. The minimum atomic E-state index is -3.87. The second-order valence-corrected chi connectivity index (χ2v) is 9.51. The van der Waals surface area contributed by atoms with Crippen LogP contribution < -0.4 is 0 Å². The van der Waals surface area contributed by atoms with Crippen LogP contribution in [0.4, 0.5) is 0 Å². The van der Waals surface area contributed by atoms with E-state index in [4.69, 9.17) is 11.6 Å². The maximum Gasteiger partial charge on any atom is 0.248 e. The fourth-order valence-electron chi connectivity index (χ4n) is 2.65. The third-order valence-electron chi connectivity index (χ3n) is 3.59. The van der Waals surface area contributed by atoms with Crippen molar-refractivity contribution in [2.24, 2.45) is 7.05 Å². The van der Waals surface area contributed by atoms with Crippen LogP contribution in [-0.4, -0.2) is 55.0 Å². The summed E-state index contributed by atoms with van der Waals surface area (Å²) in [6.45, 7) is 3.44. The van der Waals surface area contributed by atoms with Crippen LogP contribution in [-0.2, 0) is 26.9 Å². The lowest BCUT2D eigenvalue weighted by Gasteiger charge is -2.25. The van der Waals surface area contributed by atoms with Gasteiger partial charge in [-0.2, -0.15) is 9.40 Å². The third-order valence-corrected chi connectivity index (χ3v) is 8.07. The maximum absolute atomic E-state index is 12.8. The lowest BCUT2D eigenvalue weighted by atomic mass is 10.3. The molecule has 0 aromatic carbocycles. The van der Waals surface area contributed by atoms with Crippen molar-refractivity contribution >= 4 is 31.5 Å². The molecule has 120 valence electrons. The number of sulfonamides is 1. The summed E-state index contributed by atoms with van der Waals surface area (Å²) in [5.41, 5.74) is 0.307. The summed E-state index contributed by atoms with van der Waals surface area (Å²) < 4.78 is 51.3. The van der Waals surface area contributed by atoms with E-state index >= 15 is 0 Å². The first-order valence-electron chi connectivity index (χ1n) is 6.51. The van der Waals surface area contributed by atoms with E-state index < -0.39 is 25.9 Å². The van der Waals surface area contributed by atoms with E-state index in [0.717, 1.165) is 0 Å². The molecule has 1 fully saturated rings. The summed E-state index contributed by atoms with van der Waals surface area (Å²) >= 11 is 6.04. The molecule has 1 aromatic heterocycles. The van der Waals surface area contributed by atoms with E-state index in [0.29, 0.717) is 12.1 Å². The molecular formula is C11H18ClN3O4S2. The largest absolute Gasteiger partial charge is 0.255 e. The van der Waals surface area contributed by atoms with E-state index in [-0.39, 0.29) is 28.1 Å². The molecule has 1 aromatic rings. The number of hydrogen-bond donors (Lipinski definition) is 0. The molecule has 0 radical (unpaired) electrons. The highest BCUT2D eigenvalue weighted by Crippen LogP contribution is 2.30. The number of rotatable bonds is 4. The first-order chi connectivity index (χ1) is 9.60. The van der Waals surface area contributed by atoms with E-state index in [1.54, 1.807) is 20.9 Å². The quantitative estimate of drug-likeness (QED) is 0.788. The fraction of sp³-hybridized carbons (Fsp3) is 0.727. The Kier molecular flexibility index (Phi) is 4.40. The lowest BCUT2D eigenvalue weighted by Crippen LogP contribution is -2.41. The Morgan fingerprint density at radius 3 is 2.48 bits per heavy atom. The van der Waals surface area contributed by atoms with Gasteiger partial charge < -0.3 is 0 Å². The first-order valence-corrected chi connectivity index (χ1v) is 10.2. The molecule has 10 heteroatoms. The number of halogens is 1. The Labute approximate surface area is 129 Å². The Balaban J connectivity index is 2.46. The van der Waals surface area contributed by atoms with Crippen LogP contribution in [0.15, 0.2) is 4.90 Å². The first kappa shape index (κ1) is 16.7. The predicted molar refractivity (Wildman–Crippen MR) is 79.6 cm³/mol. The standard InChI is InChI=1S/C11H18ClN3O4S2/c1-4-15(9-5-6-20(16,17)7-9)21(18,19)10-8(2)13-14(3)11(10)12/h9H,4-7H2,1-3H3. The van der Waals surface area contributed by atoms with Gasteiger partial charge in [0.15, 0.2) is 9.84 Å². The van der Waals surface area contributed by atoms with Gasteiger partial charge in [0.1, 0.15) is 10.0 Å². The molecule has 1 atom stereocenters. The SMILES string of the molecule is CCN(C1CCS(=O)(=O)C1)S(=O)(=O)c1c(C)nn(C)c1Cl. The molecule has 7 nitrogen and oxygen atoms in total. The minimum absolute atomic E-state index is 0.0173. The van der Waals surface area contributed by atoms with E-state index in [1.807, 2.05) is 0 Å². The van der Waals surface area contributed by atoms with Crippen molar-refractivity contribution in [3.63, 3.8) is 0 Å². The van der Waals surface area contributed by atoms with Crippen LogP contribution in [0.3, 0.4) is 0 Å². The molecule has 21 heavy (non-hydrogen) atoms. The molecule has 0 N–H and O–H groups in total.